The summed E-state index contributed by atoms with van der Waals surface area (Å²) in [6.45, 7) is 0.456. The molecule has 1 saturated heterocycles. The Labute approximate surface area is 158 Å². The molecule has 0 bridgehead atoms. The normalized spacial score (nSPS) is 16.2. The van der Waals surface area contributed by atoms with Crippen molar-refractivity contribution in [2.45, 2.75) is 12.8 Å². The SMILES string of the molecule is O=C(Nc1ccc2ccccc2c1)c1cccc(N2CCCCS2(=O)=O)c1. The summed E-state index contributed by atoms with van der Waals surface area (Å²) in [6.07, 6.45) is 1.51. The number of hydrogen-bond acceptors (Lipinski definition) is 3. The predicted octanol–water partition coefficient (Wildman–Crippen LogP) is 4.02. The zero-order valence-corrected chi connectivity index (χ0v) is 15.6. The standard InChI is InChI=1S/C21H20N2O3S/c24-21(22-19-11-10-16-6-1-2-7-17(16)14-19)18-8-5-9-20(15-18)23-12-3-4-13-27(23,25)26/h1-2,5-11,14-15H,3-4,12-13H2,(H,22,24). The van der Waals surface area contributed by atoms with Crippen molar-refractivity contribution in [2.75, 3.05) is 21.9 Å². The minimum Gasteiger partial charge on any atom is -0.322 e. The summed E-state index contributed by atoms with van der Waals surface area (Å²) in [7, 11) is -3.30. The van der Waals surface area contributed by atoms with Gasteiger partial charge in [0.1, 0.15) is 0 Å². The molecule has 3 aromatic rings. The molecule has 138 valence electrons. The van der Waals surface area contributed by atoms with Gasteiger partial charge in [0.2, 0.25) is 10.0 Å². The lowest BCUT2D eigenvalue weighted by atomic mass is 10.1. The zero-order chi connectivity index (χ0) is 18.9. The third-order valence-electron chi connectivity index (χ3n) is 4.75. The predicted molar refractivity (Wildman–Crippen MR) is 109 cm³/mol. The van der Waals surface area contributed by atoms with Crippen molar-refractivity contribution in [1.82, 2.24) is 0 Å². The monoisotopic (exact) mass is 380 g/mol. The zero-order valence-electron chi connectivity index (χ0n) is 14.8. The largest absolute Gasteiger partial charge is 0.322 e. The van der Waals surface area contributed by atoms with E-state index < -0.39 is 10.0 Å². The molecule has 0 saturated carbocycles. The Morgan fingerprint density at radius 2 is 1.70 bits per heavy atom. The summed E-state index contributed by atoms with van der Waals surface area (Å²) in [4.78, 5) is 12.7. The van der Waals surface area contributed by atoms with E-state index in [9.17, 15) is 13.2 Å². The number of fused-ring (bicyclic) bond motifs is 1. The number of carbonyl (C=O) groups is 1. The van der Waals surface area contributed by atoms with Crippen molar-refractivity contribution < 1.29 is 13.2 Å². The molecule has 0 aromatic heterocycles. The molecule has 0 atom stereocenters. The van der Waals surface area contributed by atoms with Gasteiger partial charge in [-0.3, -0.25) is 9.10 Å². The van der Waals surface area contributed by atoms with Crippen molar-refractivity contribution in [3.8, 4) is 0 Å². The number of hydrogen-bond donors (Lipinski definition) is 1. The second-order valence-electron chi connectivity index (χ2n) is 6.66. The first-order valence-electron chi connectivity index (χ1n) is 8.94. The lowest BCUT2D eigenvalue weighted by Crippen LogP contribution is -2.37. The van der Waals surface area contributed by atoms with Gasteiger partial charge in [-0.2, -0.15) is 0 Å². The molecule has 0 unspecified atom stereocenters. The minimum atomic E-state index is -3.30. The molecule has 0 spiro atoms. The van der Waals surface area contributed by atoms with Gasteiger partial charge < -0.3 is 5.32 Å². The molecule has 5 nitrogen and oxygen atoms in total. The van der Waals surface area contributed by atoms with Crippen LogP contribution in [0.4, 0.5) is 11.4 Å². The Bertz CT molecular complexity index is 1110. The Hall–Kier alpha value is -2.86. The van der Waals surface area contributed by atoms with E-state index in [4.69, 9.17) is 0 Å². The van der Waals surface area contributed by atoms with Crippen molar-refractivity contribution in [1.29, 1.82) is 0 Å². The van der Waals surface area contributed by atoms with Crippen LogP contribution in [0.3, 0.4) is 0 Å². The van der Waals surface area contributed by atoms with Gasteiger partial charge in [-0.1, -0.05) is 36.4 Å². The first-order chi connectivity index (χ1) is 13.0. The number of sulfonamides is 1. The van der Waals surface area contributed by atoms with Crippen molar-refractivity contribution in [3.63, 3.8) is 0 Å². The number of carbonyl (C=O) groups excluding carboxylic acids is 1. The molecule has 3 aromatic carbocycles. The average molecular weight is 380 g/mol. The summed E-state index contributed by atoms with van der Waals surface area (Å²) in [5, 5.41) is 5.04. The van der Waals surface area contributed by atoms with Gasteiger partial charge in [0.15, 0.2) is 0 Å². The van der Waals surface area contributed by atoms with E-state index in [1.165, 1.54) is 4.31 Å². The summed E-state index contributed by atoms with van der Waals surface area (Å²) in [5.74, 6) is -0.109. The Balaban J connectivity index is 1.58. The molecule has 6 heteroatoms. The smallest absolute Gasteiger partial charge is 0.255 e. The number of benzene rings is 3. The maximum Gasteiger partial charge on any atom is 0.255 e. The van der Waals surface area contributed by atoms with Crippen LogP contribution >= 0.6 is 0 Å². The van der Waals surface area contributed by atoms with E-state index in [0.717, 1.165) is 17.2 Å². The van der Waals surface area contributed by atoms with Crippen LogP contribution in [-0.2, 0) is 10.0 Å². The summed E-state index contributed by atoms with van der Waals surface area (Å²) >= 11 is 0. The highest BCUT2D eigenvalue weighted by Crippen LogP contribution is 2.25. The van der Waals surface area contributed by atoms with Crippen molar-refractivity contribution >= 4 is 38.1 Å². The molecular weight excluding hydrogens is 360 g/mol. The summed E-state index contributed by atoms with van der Waals surface area (Å²) in [6, 6.07) is 20.5. The van der Waals surface area contributed by atoms with Gasteiger partial charge in [-0.15, -0.1) is 0 Å². The number of rotatable bonds is 3. The first kappa shape index (κ1) is 17.5. The minimum absolute atomic E-state index is 0.153. The van der Waals surface area contributed by atoms with E-state index in [1.54, 1.807) is 24.3 Å². The fourth-order valence-corrected chi connectivity index (χ4v) is 4.98. The second kappa shape index (κ2) is 7.04. The third-order valence-corrected chi connectivity index (χ3v) is 6.62. The highest BCUT2D eigenvalue weighted by molar-refractivity contribution is 7.92. The molecule has 0 aliphatic carbocycles. The molecule has 4 rings (SSSR count). The van der Waals surface area contributed by atoms with E-state index in [1.807, 2.05) is 42.5 Å². The van der Waals surface area contributed by atoms with Crippen molar-refractivity contribution in [2.24, 2.45) is 0 Å². The molecule has 1 aliphatic heterocycles. The molecule has 1 N–H and O–H groups in total. The Morgan fingerprint density at radius 3 is 2.52 bits per heavy atom. The van der Waals surface area contributed by atoms with Crippen molar-refractivity contribution in [3.05, 3.63) is 72.3 Å². The summed E-state index contributed by atoms with van der Waals surface area (Å²) < 4.78 is 26.0. The number of nitrogens with one attached hydrogen (secondary N) is 1. The van der Waals surface area contributed by atoms with Gasteiger partial charge >= 0.3 is 0 Å². The molecule has 1 fully saturated rings. The maximum atomic E-state index is 12.7. The molecule has 0 radical (unpaired) electrons. The van der Waals surface area contributed by atoms with Crippen LogP contribution < -0.4 is 9.62 Å². The van der Waals surface area contributed by atoms with Gasteiger partial charge in [0.05, 0.1) is 11.4 Å². The molecule has 27 heavy (non-hydrogen) atoms. The quantitative estimate of drug-likeness (QED) is 0.746. The lowest BCUT2D eigenvalue weighted by Gasteiger charge is -2.28. The fraction of sp³-hybridized carbons (Fsp3) is 0.190. The first-order valence-corrected chi connectivity index (χ1v) is 10.5. The van der Waals surface area contributed by atoms with Gasteiger partial charge in [0, 0.05) is 17.8 Å². The lowest BCUT2D eigenvalue weighted by molar-refractivity contribution is 0.102. The molecule has 1 amide bonds. The van der Waals surface area contributed by atoms with E-state index >= 15 is 0 Å². The number of anilines is 2. The topological polar surface area (TPSA) is 66.5 Å². The van der Waals surface area contributed by atoms with Crippen LogP contribution in [0.15, 0.2) is 66.7 Å². The van der Waals surface area contributed by atoms with Gasteiger partial charge in [-0.05, 0) is 53.9 Å². The van der Waals surface area contributed by atoms with Crippen LogP contribution in [0.1, 0.15) is 23.2 Å². The molecular formula is C21H20N2O3S. The number of nitrogens with zero attached hydrogens (tertiary/aromatic N) is 1. The number of amides is 1. The maximum absolute atomic E-state index is 12.7. The van der Waals surface area contributed by atoms with Crippen LogP contribution in [0.25, 0.3) is 10.8 Å². The fourth-order valence-electron chi connectivity index (χ4n) is 3.35. The molecule has 1 aliphatic rings. The second-order valence-corrected chi connectivity index (χ2v) is 8.67. The van der Waals surface area contributed by atoms with Crippen LogP contribution in [0, 0.1) is 0 Å². The van der Waals surface area contributed by atoms with Gasteiger partial charge in [-0.25, -0.2) is 8.42 Å². The molecule has 1 heterocycles. The highest BCUT2D eigenvalue weighted by atomic mass is 32.2. The Morgan fingerprint density at radius 1 is 0.889 bits per heavy atom. The van der Waals surface area contributed by atoms with Crippen LogP contribution in [0.5, 0.6) is 0 Å². The third kappa shape index (κ3) is 3.66. The van der Waals surface area contributed by atoms with E-state index in [2.05, 4.69) is 5.32 Å². The van der Waals surface area contributed by atoms with E-state index in [-0.39, 0.29) is 11.7 Å². The Kier molecular flexibility index (Phi) is 4.58. The highest BCUT2D eigenvalue weighted by Gasteiger charge is 2.26. The van der Waals surface area contributed by atoms with Gasteiger partial charge in [0.25, 0.3) is 5.91 Å². The van der Waals surface area contributed by atoms with E-state index in [0.29, 0.717) is 29.9 Å². The average Bonchev–Trinajstić information content (AvgIpc) is 2.67. The summed E-state index contributed by atoms with van der Waals surface area (Å²) in [5.41, 5.74) is 1.68. The van der Waals surface area contributed by atoms with Crippen LogP contribution in [0.2, 0.25) is 0 Å². The van der Waals surface area contributed by atoms with Crippen LogP contribution in [-0.4, -0.2) is 26.6 Å².